The van der Waals surface area contributed by atoms with E-state index in [0.717, 1.165) is 30.3 Å². The number of rotatable bonds is 9. The molecule has 1 saturated carbocycles. The van der Waals surface area contributed by atoms with E-state index in [2.05, 4.69) is 36.1 Å². The number of carbonyl (C=O) groups is 2. The van der Waals surface area contributed by atoms with Gasteiger partial charge in [0.05, 0.1) is 41.1 Å². The fourth-order valence-electron chi connectivity index (χ4n) is 3.73. The number of halogens is 1. The quantitative estimate of drug-likeness (QED) is 0.306. The number of anilines is 3. The molecule has 1 aliphatic rings. The van der Waals surface area contributed by atoms with Gasteiger partial charge in [-0.15, -0.1) is 4.80 Å². The normalized spacial score (nSPS) is 14.7. The van der Waals surface area contributed by atoms with Gasteiger partial charge in [0.1, 0.15) is 11.5 Å². The van der Waals surface area contributed by atoms with Gasteiger partial charge >= 0.3 is 6.09 Å². The molecule has 0 aliphatic heterocycles. The summed E-state index contributed by atoms with van der Waals surface area (Å²) in [5.74, 6) is -1.59. The summed E-state index contributed by atoms with van der Waals surface area (Å²) >= 11 is 0. The van der Waals surface area contributed by atoms with Crippen LogP contribution >= 0.6 is 0 Å². The Balaban J connectivity index is 1.64. The fourth-order valence-corrected chi connectivity index (χ4v) is 3.73. The largest absolute Gasteiger partial charge is 0.465 e. The molecule has 0 aromatic carbocycles. The maximum absolute atomic E-state index is 14.9. The van der Waals surface area contributed by atoms with E-state index in [4.69, 9.17) is 10.8 Å². The molecule has 0 saturated heterocycles. The van der Waals surface area contributed by atoms with Gasteiger partial charge < -0.3 is 26.8 Å². The molecule has 35 heavy (non-hydrogen) atoms. The predicted octanol–water partition coefficient (Wildman–Crippen LogP) is 2.50. The molecular formula is C22H26FN9O3. The van der Waals surface area contributed by atoms with E-state index in [1.165, 1.54) is 11.0 Å². The molecule has 2 atom stereocenters. The number of hydrogen-bond donors (Lipinski definition) is 5. The summed E-state index contributed by atoms with van der Waals surface area (Å²) in [5, 5.41) is 26.1. The van der Waals surface area contributed by atoms with Gasteiger partial charge in [0, 0.05) is 6.04 Å². The van der Waals surface area contributed by atoms with Crippen LogP contribution in [-0.2, 0) is 0 Å². The minimum atomic E-state index is -1.17. The molecule has 0 bridgehead atoms. The van der Waals surface area contributed by atoms with E-state index in [9.17, 15) is 14.0 Å². The van der Waals surface area contributed by atoms with E-state index in [1.54, 1.807) is 19.2 Å². The molecule has 12 nitrogen and oxygen atoms in total. The standard InChI is InChI=1S/C22H26FN9O3/c1-10-11(2)31-32(30-10)15-6-14(8-25-9-15)27-20-16(19(24)33)7-17(23)21(29-20)28-18(13-4-5-13)12(3)26-22(34)35/h6-9,12-13,18,26H,4-5H2,1-3H3,(H2,24,33)(H,34,35)(H2,27,28,29)/t12-,18+/m0/s1. The number of carboxylic acid groups (broad SMARTS) is 1. The average molecular weight is 484 g/mol. The highest BCUT2D eigenvalue weighted by atomic mass is 19.1. The number of pyridine rings is 2. The molecule has 6 N–H and O–H groups in total. The first kappa shape index (κ1) is 23.9. The van der Waals surface area contributed by atoms with Crippen molar-refractivity contribution in [3.05, 3.63) is 47.3 Å². The minimum absolute atomic E-state index is 0.0227. The maximum atomic E-state index is 14.9. The summed E-state index contributed by atoms with van der Waals surface area (Å²) in [6.07, 6.45) is 3.67. The fraction of sp³-hybridized carbons (Fsp3) is 0.364. The maximum Gasteiger partial charge on any atom is 0.404 e. The lowest BCUT2D eigenvalue weighted by atomic mass is 10.0. The minimum Gasteiger partial charge on any atom is -0.465 e. The topological polar surface area (TPSA) is 173 Å². The lowest BCUT2D eigenvalue weighted by molar-refractivity contribution is 0.1000. The van der Waals surface area contributed by atoms with Crippen LogP contribution in [0.1, 0.15) is 41.5 Å². The zero-order chi connectivity index (χ0) is 25.3. The van der Waals surface area contributed by atoms with Crippen molar-refractivity contribution in [3.8, 4) is 5.69 Å². The molecule has 13 heteroatoms. The van der Waals surface area contributed by atoms with Gasteiger partial charge in [-0.2, -0.15) is 10.2 Å². The molecule has 0 spiro atoms. The molecule has 3 aromatic heterocycles. The van der Waals surface area contributed by atoms with Crippen molar-refractivity contribution in [2.75, 3.05) is 10.6 Å². The Morgan fingerprint density at radius 2 is 1.86 bits per heavy atom. The van der Waals surface area contributed by atoms with Crippen molar-refractivity contribution in [1.29, 1.82) is 0 Å². The van der Waals surface area contributed by atoms with Crippen molar-refractivity contribution >= 4 is 29.3 Å². The second-order valence-corrected chi connectivity index (χ2v) is 8.54. The number of aryl methyl sites for hydroxylation is 2. The van der Waals surface area contributed by atoms with E-state index in [1.807, 2.05) is 13.8 Å². The van der Waals surface area contributed by atoms with Gasteiger partial charge in [0.15, 0.2) is 11.6 Å². The van der Waals surface area contributed by atoms with Crippen LogP contribution in [0.4, 0.5) is 26.5 Å². The molecule has 3 aromatic rings. The molecule has 2 amide bonds. The van der Waals surface area contributed by atoms with Crippen LogP contribution in [0.15, 0.2) is 24.5 Å². The van der Waals surface area contributed by atoms with Crippen LogP contribution in [0.5, 0.6) is 0 Å². The number of amides is 2. The van der Waals surface area contributed by atoms with Crippen molar-refractivity contribution in [3.63, 3.8) is 0 Å². The lowest BCUT2D eigenvalue weighted by Crippen LogP contribution is -2.45. The first-order chi connectivity index (χ1) is 16.6. The molecule has 3 heterocycles. The Kier molecular flexibility index (Phi) is 6.49. The van der Waals surface area contributed by atoms with Gasteiger partial charge in [-0.05, 0) is 51.7 Å². The Hall–Kier alpha value is -4.29. The summed E-state index contributed by atoms with van der Waals surface area (Å²) in [4.78, 5) is 33.0. The summed E-state index contributed by atoms with van der Waals surface area (Å²) in [7, 11) is 0. The van der Waals surface area contributed by atoms with Gasteiger partial charge in [0.25, 0.3) is 5.91 Å². The highest BCUT2D eigenvalue weighted by molar-refractivity contribution is 5.98. The number of hydrogen-bond acceptors (Lipinski definition) is 8. The monoisotopic (exact) mass is 483 g/mol. The van der Waals surface area contributed by atoms with E-state index >= 15 is 0 Å². The van der Waals surface area contributed by atoms with Gasteiger partial charge in [-0.1, -0.05) is 0 Å². The highest BCUT2D eigenvalue weighted by Gasteiger charge is 2.36. The van der Waals surface area contributed by atoms with Crippen molar-refractivity contribution in [2.45, 2.75) is 45.7 Å². The Labute approximate surface area is 200 Å². The molecule has 4 rings (SSSR count). The van der Waals surface area contributed by atoms with E-state index in [0.29, 0.717) is 11.4 Å². The third-order valence-corrected chi connectivity index (χ3v) is 5.80. The molecule has 184 valence electrons. The zero-order valence-corrected chi connectivity index (χ0v) is 19.4. The van der Waals surface area contributed by atoms with Gasteiger partial charge in [0.2, 0.25) is 0 Å². The molecular weight excluding hydrogens is 457 g/mol. The van der Waals surface area contributed by atoms with Crippen molar-refractivity contribution in [1.82, 2.24) is 30.3 Å². The molecule has 1 aliphatic carbocycles. The predicted molar refractivity (Wildman–Crippen MR) is 125 cm³/mol. The Bertz CT molecular complexity index is 1260. The van der Waals surface area contributed by atoms with Crippen LogP contribution in [0.3, 0.4) is 0 Å². The number of carbonyl (C=O) groups excluding carboxylic acids is 1. The lowest BCUT2D eigenvalue weighted by Gasteiger charge is -2.26. The zero-order valence-electron chi connectivity index (χ0n) is 19.4. The van der Waals surface area contributed by atoms with Crippen LogP contribution in [0.25, 0.3) is 5.69 Å². The number of nitrogens with zero attached hydrogens (tertiary/aromatic N) is 5. The Morgan fingerprint density at radius 1 is 1.17 bits per heavy atom. The highest BCUT2D eigenvalue weighted by Crippen LogP contribution is 2.36. The first-order valence-corrected chi connectivity index (χ1v) is 11.0. The van der Waals surface area contributed by atoms with Crippen molar-refractivity contribution in [2.24, 2.45) is 11.7 Å². The van der Waals surface area contributed by atoms with E-state index in [-0.39, 0.29) is 29.2 Å². The van der Waals surface area contributed by atoms with Crippen LogP contribution in [0.2, 0.25) is 0 Å². The summed E-state index contributed by atoms with van der Waals surface area (Å²) < 4.78 is 14.9. The smallest absolute Gasteiger partial charge is 0.404 e. The van der Waals surface area contributed by atoms with E-state index < -0.39 is 23.9 Å². The number of nitrogens with one attached hydrogen (secondary N) is 3. The second kappa shape index (κ2) is 9.52. The second-order valence-electron chi connectivity index (χ2n) is 8.54. The van der Waals surface area contributed by atoms with Gasteiger partial charge in [-0.25, -0.2) is 14.2 Å². The Morgan fingerprint density at radius 3 is 2.46 bits per heavy atom. The SMILES string of the molecule is Cc1nn(-c2cncc(Nc3nc(N[C@@H](C4CC4)[C@H](C)NC(=O)O)c(F)cc3C(N)=O)c2)nc1C. The first-order valence-electron chi connectivity index (χ1n) is 11.0. The number of aromatic nitrogens is 5. The molecule has 1 fully saturated rings. The van der Waals surface area contributed by atoms with Crippen LogP contribution < -0.4 is 21.7 Å². The number of nitrogens with two attached hydrogens (primary N) is 1. The average Bonchev–Trinajstić information content (AvgIpc) is 3.57. The molecule has 0 radical (unpaired) electrons. The third-order valence-electron chi connectivity index (χ3n) is 5.80. The van der Waals surface area contributed by atoms with Crippen LogP contribution in [-0.4, -0.2) is 54.2 Å². The van der Waals surface area contributed by atoms with Crippen LogP contribution in [0, 0.1) is 25.6 Å². The summed E-state index contributed by atoms with van der Waals surface area (Å²) in [6, 6.07) is 1.81. The summed E-state index contributed by atoms with van der Waals surface area (Å²) in [5.41, 5.74) is 7.87. The third kappa shape index (κ3) is 5.45. The number of primary amides is 1. The summed E-state index contributed by atoms with van der Waals surface area (Å²) in [6.45, 7) is 5.38. The van der Waals surface area contributed by atoms with Gasteiger partial charge in [-0.3, -0.25) is 9.78 Å². The van der Waals surface area contributed by atoms with Crippen molar-refractivity contribution < 1.29 is 19.1 Å². The molecule has 0 unspecified atom stereocenters.